The van der Waals surface area contributed by atoms with Crippen LogP contribution in [-0.2, 0) is 4.79 Å². The second-order valence-electron chi connectivity index (χ2n) is 8.63. The van der Waals surface area contributed by atoms with Crippen molar-refractivity contribution in [2.75, 3.05) is 56.9 Å². The van der Waals surface area contributed by atoms with Crippen LogP contribution in [0.15, 0.2) is 66.1 Å². The number of ether oxygens (including phenoxy) is 1. The summed E-state index contributed by atoms with van der Waals surface area (Å²) in [6.07, 6.45) is 2.78. The lowest BCUT2D eigenvalue weighted by atomic mass is 10.2. The third kappa shape index (κ3) is 6.13. The molecule has 2 heterocycles. The summed E-state index contributed by atoms with van der Waals surface area (Å²) in [5.74, 6) is 0.846. The number of hydrogen-bond acceptors (Lipinski definition) is 8. The Bertz CT molecular complexity index is 1500. The highest BCUT2D eigenvalue weighted by molar-refractivity contribution is 6.02. The smallest absolute Gasteiger partial charge is 0.332 e. The minimum absolute atomic E-state index is 0. The first-order valence-corrected chi connectivity index (χ1v) is 11.6. The number of benzene rings is 2. The molecule has 1 amide bonds. The van der Waals surface area contributed by atoms with Gasteiger partial charge in [-0.3, -0.25) is 4.79 Å². The molecule has 2 aromatic carbocycles. The van der Waals surface area contributed by atoms with Gasteiger partial charge < -0.3 is 30.2 Å². The lowest BCUT2D eigenvalue weighted by Crippen LogP contribution is -2.29. The minimum atomic E-state index is -0.338. The molecule has 12 heteroatoms. The predicted molar refractivity (Wildman–Crippen MR) is 154 cm³/mol. The lowest BCUT2D eigenvalue weighted by molar-refractivity contribution is -0.111. The predicted octanol–water partition coefficient (Wildman–Crippen LogP) is 3.41. The lowest BCUT2D eigenvalue weighted by Gasteiger charge is -2.26. The molecule has 11 nitrogen and oxygen atoms in total. The van der Waals surface area contributed by atoms with Crippen molar-refractivity contribution in [3.63, 3.8) is 0 Å². The first-order chi connectivity index (χ1) is 17.8. The Kier molecular flexibility index (Phi) is 9.11. The van der Waals surface area contributed by atoms with Crippen molar-refractivity contribution in [3.05, 3.63) is 71.8 Å². The van der Waals surface area contributed by atoms with Gasteiger partial charge in [0.15, 0.2) is 0 Å². The van der Waals surface area contributed by atoms with Crippen LogP contribution in [0, 0.1) is 0 Å². The Balaban J connectivity index is 0.00000400. The van der Waals surface area contributed by atoms with E-state index < -0.39 is 0 Å². The van der Waals surface area contributed by atoms with Gasteiger partial charge in [-0.05, 0) is 38.4 Å². The number of anilines is 4. The van der Waals surface area contributed by atoms with E-state index in [1.54, 1.807) is 25.4 Å². The fourth-order valence-electron chi connectivity index (χ4n) is 3.84. The van der Waals surface area contributed by atoms with E-state index in [0.717, 1.165) is 18.8 Å². The summed E-state index contributed by atoms with van der Waals surface area (Å²) in [4.78, 5) is 40.6. The first kappa shape index (κ1) is 28.2. The molecule has 0 aliphatic carbocycles. The van der Waals surface area contributed by atoms with Crippen molar-refractivity contribution < 1.29 is 9.53 Å². The van der Waals surface area contributed by atoms with Crippen LogP contribution in [0.4, 0.5) is 23.0 Å². The number of hydrogen-bond donors (Lipinski definition) is 3. The molecule has 0 saturated carbocycles. The van der Waals surface area contributed by atoms with Gasteiger partial charge in [-0.1, -0.05) is 18.7 Å². The minimum Gasteiger partial charge on any atom is -0.494 e. The maximum Gasteiger partial charge on any atom is 0.332 e. The van der Waals surface area contributed by atoms with Gasteiger partial charge in [0.05, 0.1) is 35.2 Å². The number of carbonyl (C=O) groups is 1. The first-order valence-electron chi connectivity index (χ1n) is 11.6. The van der Waals surface area contributed by atoms with Crippen LogP contribution in [0.3, 0.4) is 0 Å². The largest absolute Gasteiger partial charge is 0.494 e. The highest BCUT2D eigenvalue weighted by Gasteiger charge is 2.17. The van der Waals surface area contributed by atoms with E-state index in [0.29, 0.717) is 34.0 Å². The van der Waals surface area contributed by atoms with Gasteiger partial charge in [0.1, 0.15) is 11.6 Å². The molecule has 0 spiro atoms. The molecular weight excluding hydrogens is 508 g/mol. The molecule has 200 valence electrons. The van der Waals surface area contributed by atoms with Crippen molar-refractivity contribution in [2.45, 2.75) is 0 Å². The number of halogens is 1. The molecule has 0 aliphatic rings. The molecule has 0 fully saturated rings. The Hall–Kier alpha value is -4.35. The Morgan fingerprint density at radius 3 is 2.63 bits per heavy atom. The van der Waals surface area contributed by atoms with Crippen LogP contribution in [0.5, 0.6) is 5.75 Å². The van der Waals surface area contributed by atoms with E-state index >= 15 is 0 Å². The fourth-order valence-corrected chi connectivity index (χ4v) is 3.84. The van der Waals surface area contributed by atoms with E-state index in [1.807, 2.05) is 56.4 Å². The molecule has 0 radical (unpaired) electrons. The van der Waals surface area contributed by atoms with Crippen LogP contribution in [0.25, 0.3) is 16.9 Å². The van der Waals surface area contributed by atoms with Crippen molar-refractivity contribution >= 4 is 52.4 Å². The number of likely N-dealkylation sites (N-methyl/N-ethyl adjacent to an activating group) is 2. The van der Waals surface area contributed by atoms with E-state index in [4.69, 9.17) is 4.74 Å². The van der Waals surface area contributed by atoms with Gasteiger partial charge in [-0.15, -0.1) is 12.4 Å². The topological polar surface area (TPSA) is 120 Å². The van der Waals surface area contributed by atoms with E-state index in [1.165, 1.54) is 10.6 Å². The molecule has 0 bridgehead atoms. The van der Waals surface area contributed by atoms with Gasteiger partial charge in [0.2, 0.25) is 11.9 Å². The maximum absolute atomic E-state index is 12.6. The summed E-state index contributed by atoms with van der Waals surface area (Å²) < 4.78 is 7.14. The van der Waals surface area contributed by atoms with Crippen LogP contribution in [0.1, 0.15) is 0 Å². The standard InChI is InChI=1S/C26H30N8O3.ClH/c1-6-24(35)28-18-15-19(22(37-5)16-21(18)33(4)14-13-32(2)3)29-25-27-12-11-23(31-25)34-20-10-8-7-9-17(20)30-26(34)36;/h6-12,15-16H,1,13-14H2,2-5H3,(H,28,35)(H,30,36)(H,27,29,31);1H. The molecule has 4 aromatic rings. The zero-order valence-electron chi connectivity index (χ0n) is 21.7. The van der Waals surface area contributed by atoms with Crippen LogP contribution in [-0.4, -0.2) is 71.7 Å². The van der Waals surface area contributed by atoms with Gasteiger partial charge in [-0.25, -0.2) is 14.3 Å². The van der Waals surface area contributed by atoms with Crippen LogP contribution in [0.2, 0.25) is 0 Å². The number of amides is 1. The highest BCUT2D eigenvalue weighted by atomic mass is 35.5. The number of aromatic amines is 1. The molecule has 2 aromatic heterocycles. The Labute approximate surface area is 226 Å². The average Bonchev–Trinajstić information content (AvgIpc) is 3.23. The SMILES string of the molecule is C=CC(=O)Nc1cc(Nc2nccc(-n3c(=O)[nH]c4ccccc43)n2)c(OC)cc1N(C)CCN(C)C.Cl. The number of aromatic nitrogens is 4. The second-order valence-corrected chi connectivity index (χ2v) is 8.63. The number of para-hydroxylation sites is 2. The van der Waals surface area contributed by atoms with Crippen molar-refractivity contribution in [3.8, 4) is 11.6 Å². The molecule has 38 heavy (non-hydrogen) atoms. The summed E-state index contributed by atoms with van der Waals surface area (Å²) in [6, 6.07) is 12.6. The molecule has 0 aliphatic heterocycles. The number of H-pyrrole nitrogens is 1. The van der Waals surface area contributed by atoms with Crippen LogP contribution < -0.4 is 26.0 Å². The van der Waals surface area contributed by atoms with Gasteiger partial charge in [0, 0.05) is 38.5 Å². The number of nitrogens with zero attached hydrogens (tertiary/aromatic N) is 5. The van der Waals surface area contributed by atoms with E-state index in [9.17, 15) is 9.59 Å². The summed E-state index contributed by atoms with van der Waals surface area (Å²) in [6.45, 7) is 5.10. The Morgan fingerprint density at radius 2 is 1.92 bits per heavy atom. The zero-order chi connectivity index (χ0) is 26.5. The monoisotopic (exact) mass is 538 g/mol. The number of methoxy groups -OCH3 is 1. The number of imidazole rings is 1. The van der Waals surface area contributed by atoms with Gasteiger partial charge in [0.25, 0.3) is 0 Å². The molecule has 4 rings (SSSR count). The number of nitrogens with one attached hydrogen (secondary N) is 3. The second kappa shape index (κ2) is 12.3. The van der Waals surface area contributed by atoms with Gasteiger partial charge in [-0.2, -0.15) is 4.98 Å². The summed E-state index contributed by atoms with van der Waals surface area (Å²) >= 11 is 0. The Morgan fingerprint density at radius 1 is 1.16 bits per heavy atom. The quantitative estimate of drug-likeness (QED) is 0.263. The molecule has 0 atom stereocenters. The summed E-state index contributed by atoms with van der Waals surface area (Å²) in [5, 5.41) is 6.03. The molecule has 3 N–H and O–H groups in total. The van der Waals surface area contributed by atoms with Crippen molar-refractivity contribution in [1.29, 1.82) is 0 Å². The van der Waals surface area contributed by atoms with Crippen molar-refractivity contribution in [2.24, 2.45) is 0 Å². The van der Waals surface area contributed by atoms with Crippen LogP contribution >= 0.6 is 12.4 Å². The molecular formula is C26H31ClN8O3. The zero-order valence-corrected chi connectivity index (χ0v) is 22.5. The van der Waals surface area contributed by atoms with E-state index in [2.05, 4.69) is 37.1 Å². The third-order valence-electron chi connectivity index (χ3n) is 5.76. The van der Waals surface area contributed by atoms with Gasteiger partial charge >= 0.3 is 5.69 Å². The fraction of sp³-hybridized carbons (Fsp3) is 0.231. The highest BCUT2D eigenvalue weighted by Crippen LogP contribution is 2.38. The maximum atomic E-state index is 12.6. The van der Waals surface area contributed by atoms with E-state index in [-0.39, 0.29) is 30.0 Å². The third-order valence-corrected chi connectivity index (χ3v) is 5.76. The normalized spacial score (nSPS) is 10.7. The summed E-state index contributed by atoms with van der Waals surface area (Å²) in [7, 11) is 7.51. The van der Waals surface area contributed by atoms with Crippen molar-refractivity contribution in [1.82, 2.24) is 24.4 Å². The number of carbonyl (C=O) groups excluding carboxylic acids is 1. The average molecular weight is 539 g/mol. The summed E-state index contributed by atoms with van der Waals surface area (Å²) in [5.41, 5.74) is 2.99. The molecule has 0 unspecified atom stereocenters. The molecule has 0 saturated heterocycles. The number of rotatable bonds is 10. The number of fused-ring (bicyclic) bond motifs is 1.